The van der Waals surface area contributed by atoms with E-state index in [9.17, 15) is 0 Å². The molecule has 0 bridgehead atoms. The summed E-state index contributed by atoms with van der Waals surface area (Å²) in [4.78, 5) is 0. The molecule has 1 aromatic rings. The van der Waals surface area contributed by atoms with E-state index in [4.69, 9.17) is 14.2 Å². The fourth-order valence-electron chi connectivity index (χ4n) is 1.70. The number of ether oxygens (including phenoxy) is 3. The van der Waals surface area contributed by atoms with Crippen LogP contribution in [0.2, 0.25) is 0 Å². The first-order valence-electron chi connectivity index (χ1n) is 6.83. The molecule has 0 heterocycles. The van der Waals surface area contributed by atoms with Crippen molar-refractivity contribution >= 4 is 0 Å². The van der Waals surface area contributed by atoms with Gasteiger partial charge in [-0.1, -0.05) is 13.0 Å². The highest BCUT2D eigenvalue weighted by molar-refractivity contribution is 5.40. The quantitative estimate of drug-likeness (QED) is 0.661. The van der Waals surface area contributed by atoms with Crippen LogP contribution in [0, 0.1) is 0 Å². The van der Waals surface area contributed by atoms with Gasteiger partial charge in [-0.25, -0.2) is 0 Å². The van der Waals surface area contributed by atoms with Crippen molar-refractivity contribution in [1.29, 1.82) is 0 Å². The molecule has 0 amide bonds. The lowest BCUT2D eigenvalue weighted by Crippen LogP contribution is -2.09. The van der Waals surface area contributed by atoms with E-state index < -0.39 is 0 Å². The van der Waals surface area contributed by atoms with Crippen molar-refractivity contribution in [2.45, 2.75) is 26.3 Å². The van der Waals surface area contributed by atoms with E-state index in [1.807, 2.05) is 25.2 Å². The molecule has 1 rings (SSSR count). The first-order chi connectivity index (χ1) is 9.31. The molecule has 0 fully saturated rings. The Bertz CT molecular complexity index is 355. The lowest BCUT2D eigenvalue weighted by atomic mass is 10.2. The van der Waals surface area contributed by atoms with Crippen LogP contribution in [0.25, 0.3) is 0 Å². The maximum atomic E-state index is 5.81. The van der Waals surface area contributed by atoms with Gasteiger partial charge in [-0.2, -0.15) is 0 Å². The molecule has 0 saturated carbocycles. The van der Waals surface area contributed by atoms with Crippen molar-refractivity contribution < 1.29 is 14.2 Å². The Kier molecular flexibility index (Phi) is 8.02. The zero-order chi connectivity index (χ0) is 13.9. The molecule has 0 unspecified atom stereocenters. The standard InChI is InChI=1S/C15H25NO3/c1-4-8-18-14-7-6-13(12-16-2)15(11-14)19-10-5-9-17-3/h6-7,11,16H,4-5,8-10,12H2,1-3H3. The fraction of sp³-hybridized carbons (Fsp3) is 0.600. The highest BCUT2D eigenvalue weighted by Crippen LogP contribution is 2.25. The molecule has 4 nitrogen and oxygen atoms in total. The molecule has 4 heteroatoms. The van der Waals surface area contributed by atoms with Crippen LogP contribution in [-0.4, -0.2) is 34.0 Å². The summed E-state index contributed by atoms with van der Waals surface area (Å²) in [5, 5.41) is 3.14. The SMILES string of the molecule is CCCOc1ccc(CNC)c(OCCCOC)c1. The lowest BCUT2D eigenvalue weighted by Gasteiger charge is -2.13. The largest absolute Gasteiger partial charge is 0.493 e. The van der Waals surface area contributed by atoms with E-state index in [1.54, 1.807) is 7.11 Å². The number of rotatable bonds is 10. The summed E-state index contributed by atoms with van der Waals surface area (Å²) in [6.45, 7) is 4.98. The fourth-order valence-corrected chi connectivity index (χ4v) is 1.70. The predicted octanol–water partition coefficient (Wildman–Crippen LogP) is 2.61. The third-order valence-electron chi connectivity index (χ3n) is 2.63. The minimum Gasteiger partial charge on any atom is -0.493 e. The molecular weight excluding hydrogens is 242 g/mol. The van der Waals surface area contributed by atoms with Gasteiger partial charge in [-0.3, -0.25) is 0 Å². The van der Waals surface area contributed by atoms with Crippen molar-refractivity contribution in [3.05, 3.63) is 23.8 Å². The molecule has 108 valence electrons. The number of methoxy groups -OCH3 is 1. The number of hydrogen-bond acceptors (Lipinski definition) is 4. The first-order valence-corrected chi connectivity index (χ1v) is 6.83. The maximum absolute atomic E-state index is 5.81. The molecule has 0 saturated heterocycles. The zero-order valence-electron chi connectivity index (χ0n) is 12.2. The second-order valence-corrected chi connectivity index (χ2v) is 4.34. The third kappa shape index (κ3) is 5.94. The lowest BCUT2D eigenvalue weighted by molar-refractivity contribution is 0.171. The van der Waals surface area contributed by atoms with Gasteiger partial charge in [-0.15, -0.1) is 0 Å². The van der Waals surface area contributed by atoms with Crippen LogP contribution in [0.15, 0.2) is 18.2 Å². The zero-order valence-corrected chi connectivity index (χ0v) is 12.2. The van der Waals surface area contributed by atoms with Crippen molar-refractivity contribution in [2.24, 2.45) is 0 Å². The van der Waals surface area contributed by atoms with E-state index >= 15 is 0 Å². The summed E-state index contributed by atoms with van der Waals surface area (Å²) in [6, 6.07) is 6.01. The highest BCUT2D eigenvalue weighted by Gasteiger charge is 2.05. The smallest absolute Gasteiger partial charge is 0.127 e. The Balaban J connectivity index is 2.65. The van der Waals surface area contributed by atoms with E-state index in [0.29, 0.717) is 13.2 Å². The van der Waals surface area contributed by atoms with Gasteiger partial charge in [0.2, 0.25) is 0 Å². The summed E-state index contributed by atoms with van der Waals surface area (Å²) in [6.07, 6.45) is 1.89. The Labute approximate surface area is 116 Å². The van der Waals surface area contributed by atoms with Crippen LogP contribution in [0.3, 0.4) is 0 Å². The van der Waals surface area contributed by atoms with Gasteiger partial charge in [0.15, 0.2) is 0 Å². The Morgan fingerprint density at radius 3 is 2.63 bits per heavy atom. The molecule has 0 aliphatic carbocycles. The monoisotopic (exact) mass is 267 g/mol. The minimum atomic E-state index is 0.655. The van der Waals surface area contributed by atoms with Crippen LogP contribution < -0.4 is 14.8 Å². The van der Waals surface area contributed by atoms with Gasteiger partial charge >= 0.3 is 0 Å². The van der Waals surface area contributed by atoms with Crippen LogP contribution in [0.4, 0.5) is 0 Å². The molecule has 1 N–H and O–H groups in total. The van der Waals surface area contributed by atoms with Crippen LogP contribution in [-0.2, 0) is 11.3 Å². The summed E-state index contributed by atoms with van der Waals surface area (Å²) in [5.41, 5.74) is 1.14. The van der Waals surface area contributed by atoms with Crippen LogP contribution in [0.1, 0.15) is 25.3 Å². The Morgan fingerprint density at radius 1 is 1.11 bits per heavy atom. The topological polar surface area (TPSA) is 39.7 Å². The summed E-state index contributed by atoms with van der Waals surface area (Å²) < 4.78 is 16.5. The van der Waals surface area contributed by atoms with Gasteiger partial charge in [0, 0.05) is 38.3 Å². The Hall–Kier alpha value is -1.26. The molecule has 0 radical (unpaired) electrons. The molecule has 1 aromatic carbocycles. The van der Waals surface area contributed by atoms with Gasteiger partial charge < -0.3 is 19.5 Å². The Morgan fingerprint density at radius 2 is 1.95 bits per heavy atom. The molecule has 0 atom stereocenters. The van der Waals surface area contributed by atoms with Gasteiger partial charge in [0.25, 0.3) is 0 Å². The predicted molar refractivity (Wildman–Crippen MR) is 77.0 cm³/mol. The second kappa shape index (κ2) is 9.64. The van der Waals surface area contributed by atoms with Gasteiger partial charge in [-0.05, 0) is 19.5 Å². The first kappa shape index (κ1) is 15.8. The van der Waals surface area contributed by atoms with E-state index in [1.165, 1.54) is 0 Å². The average Bonchev–Trinajstić information content (AvgIpc) is 2.43. The molecular formula is C15H25NO3. The molecule has 0 spiro atoms. The highest BCUT2D eigenvalue weighted by atomic mass is 16.5. The molecule has 0 aliphatic heterocycles. The van der Waals surface area contributed by atoms with Gasteiger partial charge in [0.05, 0.1) is 13.2 Å². The average molecular weight is 267 g/mol. The number of benzene rings is 1. The van der Waals surface area contributed by atoms with Crippen molar-refractivity contribution in [1.82, 2.24) is 5.32 Å². The summed E-state index contributed by atoms with van der Waals surface area (Å²) >= 11 is 0. The minimum absolute atomic E-state index is 0.655. The van der Waals surface area contributed by atoms with E-state index in [2.05, 4.69) is 12.2 Å². The van der Waals surface area contributed by atoms with E-state index in [0.717, 1.165) is 43.1 Å². The van der Waals surface area contributed by atoms with Crippen molar-refractivity contribution in [2.75, 3.05) is 34.0 Å². The van der Waals surface area contributed by atoms with Crippen LogP contribution >= 0.6 is 0 Å². The van der Waals surface area contributed by atoms with E-state index in [-0.39, 0.29) is 0 Å². The molecule has 0 aromatic heterocycles. The van der Waals surface area contributed by atoms with Crippen molar-refractivity contribution in [3.63, 3.8) is 0 Å². The molecule has 0 aliphatic rings. The summed E-state index contributed by atoms with van der Waals surface area (Å²) in [7, 11) is 3.63. The third-order valence-corrected chi connectivity index (χ3v) is 2.63. The summed E-state index contributed by atoms with van der Waals surface area (Å²) in [5.74, 6) is 1.75. The van der Waals surface area contributed by atoms with Crippen molar-refractivity contribution in [3.8, 4) is 11.5 Å². The second-order valence-electron chi connectivity index (χ2n) is 4.34. The normalized spacial score (nSPS) is 10.5. The van der Waals surface area contributed by atoms with Gasteiger partial charge in [0.1, 0.15) is 11.5 Å². The molecule has 19 heavy (non-hydrogen) atoms. The maximum Gasteiger partial charge on any atom is 0.127 e. The van der Waals surface area contributed by atoms with Crippen LogP contribution in [0.5, 0.6) is 11.5 Å². The number of hydrogen-bond donors (Lipinski definition) is 1. The number of nitrogens with one attached hydrogen (secondary N) is 1.